The van der Waals surface area contributed by atoms with Gasteiger partial charge in [-0.15, -0.1) is 0 Å². The van der Waals surface area contributed by atoms with E-state index >= 15 is 0 Å². The van der Waals surface area contributed by atoms with Gasteiger partial charge in [0.25, 0.3) is 11.6 Å². The summed E-state index contributed by atoms with van der Waals surface area (Å²) in [4.78, 5) is 36.1. The van der Waals surface area contributed by atoms with Gasteiger partial charge in [0.1, 0.15) is 0 Å². The first-order valence-corrected chi connectivity index (χ1v) is 9.33. The molecule has 30 heavy (non-hydrogen) atoms. The van der Waals surface area contributed by atoms with Crippen molar-refractivity contribution in [2.45, 2.75) is 12.8 Å². The first-order valence-electron chi connectivity index (χ1n) is 9.33. The van der Waals surface area contributed by atoms with E-state index in [0.717, 1.165) is 5.56 Å². The first kappa shape index (κ1) is 22.7. The molecule has 2 aromatic rings. The number of ether oxygens (including phenoxy) is 2. The summed E-state index contributed by atoms with van der Waals surface area (Å²) in [6.07, 6.45) is 0.804. The zero-order chi connectivity index (χ0) is 22.1. The summed E-state index contributed by atoms with van der Waals surface area (Å²) in [6.45, 7) is 0.694. The smallest absolute Gasteiger partial charge is 0.269 e. The summed E-state index contributed by atoms with van der Waals surface area (Å²) in [5.41, 5.74) is 1.23. The lowest BCUT2D eigenvalue weighted by atomic mass is 10.1. The van der Waals surface area contributed by atoms with Gasteiger partial charge in [-0.25, -0.2) is 0 Å². The van der Waals surface area contributed by atoms with E-state index in [1.54, 1.807) is 26.2 Å². The Labute approximate surface area is 174 Å². The van der Waals surface area contributed by atoms with Crippen molar-refractivity contribution < 1.29 is 24.0 Å². The van der Waals surface area contributed by atoms with E-state index in [9.17, 15) is 19.7 Å². The summed E-state index contributed by atoms with van der Waals surface area (Å²) in [5, 5.41) is 13.3. The lowest BCUT2D eigenvalue weighted by Crippen LogP contribution is -2.33. The molecule has 0 spiro atoms. The highest BCUT2D eigenvalue weighted by molar-refractivity contribution is 5.94. The summed E-state index contributed by atoms with van der Waals surface area (Å²) in [5.74, 6) is 0.803. The van der Waals surface area contributed by atoms with E-state index in [0.29, 0.717) is 30.0 Å². The second kappa shape index (κ2) is 10.8. The van der Waals surface area contributed by atoms with Gasteiger partial charge in [0.05, 0.1) is 19.1 Å². The number of carbonyl (C=O) groups excluding carboxylic acids is 2. The summed E-state index contributed by atoms with van der Waals surface area (Å²) >= 11 is 0. The Balaban J connectivity index is 1.77. The van der Waals surface area contributed by atoms with E-state index < -0.39 is 4.92 Å². The molecule has 9 nitrogen and oxygen atoms in total. The molecule has 0 saturated carbocycles. The normalized spacial score (nSPS) is 10.2. The van der Waals surface area contributed by atoms with Gasteiger partial charge in [-0.3, -0.25) is 19.7 Å². The van der Waals surface area contributed by atoms with Crippen LogP contribution in [0.2, 0.25) is 0 Å². The predicted molar refractivity (Wildman–Crippen MR) is 111 cm³/mol. The van der Waals surface area contributed by atoms with Crippen molar-refractivity contribution in [3.8, 4) is 11.5 Å². The number of nitro groups is 1. The molecule has 0 atom stereocenters. The minimum atomic E-state index is -0.530. The zero-order valence-electron chi connectivity index (χ0n) is 17.2. The van der Waals surface area contributed by atoms with Gasteiger partial charge in [0.15, 0.2) is 11.5 Å². The maximum Gasteiger partial charge on any atom is 0.269 e. The standard InChI is InChI=1S/C21H25N3O6/c1-23(13-11-15-4-9-18(29-2)19(14-15)30-3)20(25)10-12-22-21(26)16-5-7-17(8-6-16)24(27)28/h4-9,14H,10-13H2,1-3H3,(H,22,26). The van der Waals surface area contributed by atoms with E-state index in [4.69, 9.17) is 9.47 Å². The van der Waals surface area contributed by atoms with Crippen molar-refractivity contribution >= 4 is 17.5 Å². The summed E-state index contributed by atoms with van der Waals surface area (Å²) < 4.78 is 10.5. The van der Waals surface area contributed by atoms with Gasteiger partial charge in [-0.2, -0.15) is 0 Å². The largest absolute Gasteiger partial charge is 0.493 e. The monoisotopic (exact) mass is 415 g/mol. The Morgan fingerprint density at radius 2 is 1.73 bits per heavy atom. The molecule has 0 unspecified atom stereocenters. The van der Waals surface area contributed by atoms with Crippen LogP contribution in [0.5, 0.6) is 11.5 Å². The number of nitrogens with one attached hydrogen (secondary N) is 1. The van der Waals surface area contributed by atoms with Crippen molar-refractivity contribution in [3.05, 3.63) is 63.7 Å². The van der Waals surface area contributed by atoms with Crippen LogP contribution in [0.15, 0.2) is 42.5 Å². The Hall–Kier alpha value is -3.62. The van der Waals surface area contributed by atoms with Gasteiger partial charge >= 0.3 is 0 Å². The van der Waals surface area contributed by atoms with Crippen LogP contribution in [-0.4, -0.2) is 56.0 Å². The molecule has 0 saturated heterocycles. The molecule has 2 rings (SSSR count). The molecule has 0 aliphatic heterocycles. The fourth-order valence-corrected chi connectivity index (χ4v) is 2.77. The number of hydrogen-bond acceptors (Lipinski definition) is 6. The second-order valence-corrected chi connectivity index (χ2v) is 6.56. The van der Waals surface area contributed by atoms with Crippen LogP contribution < -0.4 is 14.8 Å². The number of carbonyl (C=O) groups is 2. The summed E-state index contributed by atoms with van der Waals surface area (Å²) in [6, 6.07) is 10.9. The van der Waals surface area contributed by atoms with Crippen molar-refractivity contribution in [1.29, 1.82) is 0 Å². The number of nitro benzene ring substituents is 1. The molecule has 0 aliphatic rings. The van der Waals surface area contributed by atoms with Crippen LogP contribution >= 0.6 is 0 Å². The molecule has 160 valence electrons. The lowest BCUT2D eigenvalue weighted by Gasteiger charge is -2.18. The number of amides is 2. The highest BCUT2D eigenvalue weighted by atomic mass is 16.6. The quantitative estimate of drug-likeness (QED) is 0.471. The molecular weight excluding hydrogens is 390 g/mol. The minimum Gasteiger partial charge on any atom is -0.493 e. The average molecular weight is 415 g/mol. The molecule has 2 aromatic carbocycles. The third-order valence-electron chi connectivity index (χ3n) is 4.57. The van der Waals surface area contributed by atoms with Crippen LogP contribution in [-0.2, 0) is 11.2 Å². The van der Waals surface area contributed by atoms with Crippen LogP contribution in [0.25, 0.3) is 0 Å². The van der Waals surface area contributed by atoms with E-state index in [-0.39, 0.29) is 30.5 Å². The third-order valence-corrected chi connectivity index (χ3v) is 4.57. The van der Waals surface area contributed by atoms with Crippen molar-refractivity contribution in [1.82, 2.24) is 10.2 Å². The van der Waals surface area contributed by atoms with Crippen LogP contribution in [0, 0.1) is 10.1 Å². The van der Waals surface area contributed by atoms with Crippen molar-refractivity contribution in [3.63, 3.8) is 0 Å². The van der Waals surface area contributed by atoms with Crippen LogP contribution in [0.1, 0.15) is 22.3 Å². The maximum absolute atomic E-state index is 12.3. The molecule has 0 fully saturated rings. The Morgan fingerprint density at radius 1 is 1.07 bits per heavy atom. The van der Waals surface area contributed by atoms with Crippen LogP contribution in [0.4, 0.5) is 5.69 Å². The first-order chi connectivity index (χ1) is 14.3. The topological polar surface area (TPSA) is 111 Å². The predicted octanol–water partition coefficient (Wildman–Crippen LogP) is 2.43. The molecule has 0 heterocycles. The molecule has 2 amide bonds. The van der Waals surface area contributed by atoms with Gasteiger partial charge in [-0.1, -0.05) is 6.07 Å². The van der Waals surface area contributed by atoms with Gasteiger partial charge in [0, 0.05) is 44.3 Å². The molecule has 0 radical (unpaired) electrons. The number of hydrogen-bond donors (Lipinski definition) is 1. The van der Waals surface area contributed by atoms with E-state index in [2.05, 4.69) is 5.32 Å². The highest BCUT2D eigenvalue weighted by Gasteiger charge is 2.12. The Bertz CT molecular complexity index is 898. The van der Waals surface area contributed by atoms with Crippen molar-refractivity contribution in [2.75, 3.05) is 34.4 Å². The minimum absolute atomic E-state index is 0.0853. The molecule has 0 aromatic heterocycles. The zero-order valence-corrected chi connectivity index (χ0v) is 17.2. The molecule has 0 bridgehead atoms. The van der Waals surface area contributed by atoms with Gasteiger partial charge in [-0.05, 0) is 36.2 Å². The Kier molecular flexibility index (Phi) is 8.16. The second-order valence-electron chi connectivity index (χ2n) is 6.56. The number of rotatable bonds is 10. The summed E-state index contributed by atoms with van der Waals surface area (Å²) in [7, 11) is 4.86. The third kappa shape index (κ3) is 6.20. The van der Waals surface area contributed by atoms with Crippen LogP contribution in [0.3, 0.4) is 0 Å². The number of methoxy groups -OCH3 is 2. The number of benzene rings is 2. The fourth-order valence-electron chi connectivity index (χ4n) is 2.77. The van der Waals surface area contributed by atoms with E-state index in [1.165, 1.54) is 24.3 Å². The van der Waals surface area contributed by atoms with Gasteiger partial charge < -0.3 is 19.7 Å². The molecule has 1 N–H and O–H groups in total. The number of nitrogens with zero attached hydrogens (tertiary/aromatic N) is 2. The highest BCUT2D eigenvalue weighted by Crippen LogP contribution is 2.27. The SMILES string of the molecule is COc1ccc(CCN(C)C(=O)CCNC(=O)c2ccc([N+](=O)[O-])cc2)cc1OC. The number of non-ortho nitro benzene ring substituents is 1. The molecular formula is C21H25N3O6. The Morgan fingerprint density at radius 3 is 2.33 bits per heavy atom. The van der Waals surface area contributed by atoms with Gasteiger partial charge in [0.2, 0.25) is 5.91 Å². The molecule has 9 heteroatoms. The molecule has 0 aliphatic carbocycles. The average Bonchev–Trinajstić information content (AvgIpc) is 2.76. The lowest BCUT2D eigenvalue weighted by molar-refractivity contribution is -0.384. The fraction of sp³-hybridized carbons (Fsp3) is 0.333. The van der Waals surface area contributed by atoms with E-state index in [1.807, 2.05) is 18.2 Å². The maximum atomic E-state index is 12.3. The number of likely N-dealkylation sites (N-methyl/N-ethyl adjacent to an activating group) is 1. The van der Waals surface area contributed by atoms with Crippen molar-refractivity contribution in [2.24, 2.45) is 0 Å².